The van der Waals surface area contributed by atoms with Gasteiger partial charge in [0.25, 0.3) is 0 Å². The predicted octanol–water partition coefficient (Wildman–Crippen LogP) is 1.97. The first-order chi connectivity index (χ1) is 8.25. The maximum absolute atomic E-state index is 5.50. The van der Waals surface area contributed by atoms with Crippen molar-refractivity contribution >= 4 is 0 Å². The Bertz CT molecular complexity index is 453. The molecule has 0 unspecified atom stereocenters. The molecule has 0 N–H and O–H groups in total. The summed E-state index contributed by atoms with van der Waals surface area (Å²) >= 11 is 0. The van der Waals surface area contributed by atoms with Crippen LogP contribution >= 0.6 is 0 Å². The van der Waals surface area contributed by atoms with E-state index in [1.807, 2.05) is 44.2 Å². The van der Waals surface area contributed by atoms with E-state index in [2.05, 4.69) is 15.4 Å². The molecule has 90 valence electrons. The third-order valence-corrected chi connectivity index (χ3v) is 2.30. The van der Waals surface area contributed by atoms with Gasteiger partial charge in [-0.15, -0.1) is 15.0 Å². The largest absolute Gasteiger partial charge is 0.353 e. The van der Waals surface area contributed by atoms with Gasteiger partial charge in [-0.3, -0.25) is 0 Å². The number of hydrogen-bond donors (Lipinski definition) is 0. The fourth-order valence-electron chi connectivity index (χ4n) is 1.36. The van der Waals surface area contributed by atoms with Crippen molar-refractivity contribution in [2.75, 3.05) is 0 Å². The lowest BCUT2D eigenvalue weighted by Gasteiger charge is -2.02. The Kier molecular flexibility index (Phi) is 3.82. The predicted molar refractivity (Wildman–Crippen MR) is 63.1 cm³/mol. The Morgan fingerprint density at radius 1 is 1.24 bits per heavy atom. The number of nitrogens with zero attached hydrogens (tertiary/aromatic N) is 4. The molecular weight excluding hydrogens is 216 g/mol. The molecule has 0 amide bonds. The van der Waals surface area contributed by atoms with Crippen LogP contribution in [0.5, 0.6) is 0 Å². The summed E-state index contributed by atoms with van der Waals surface area (Å²) in [6.45, 7) is 4.95. The van der Waals surface area contributed by atoms with Crippen molar-refractivity contribution in [1.29, 1.82) is 0 Å². The Hall–Kier alpha value is -1.75. The molecule has 2 aromatic rings. The fraction of sp³-hybridized carbons (Fsp3) is 0.417. The van der Waals surface area contributed by atoms with Gasteiger partial charge in [0.2, 0.25) is 0 Å². The van der Waals surface area contributed by atoms with Crippen LogP contribution in [0.4, 0.5) is 0 Å². The van der Waals surface area contributed by atoms with Gasteiger partial charge in [0.15, 0.2) is 12.6 Å². The molecule has 0 radical (unpaired) electrons. The highest BCUT2D eigenvalue weighted by atomic mass is 16.5. The molecule has 0 fully saturated rings. The van der Waals surface area contributed by atoms with E-state index >= 15 is 0 Å². The Labute approximate surface area is 100 Å². The molecule has 2 rings (SSSR count). The molecule has 0 spiro atoms. The number of rotatable bonds is 5. The smallest absolute Gasteiger partial charge is 0.177 e. The zero-order valence-electron chi connectivity index (χ0n) is 10.1. The van der Waals surface area contributed by atoms with Gasteiger partial charge in [0, 0.05) is 5.92 Å². The maximum Gasteiger partial charge on any atom is 0.177 e. The van der Waals surface area contributed by atoms with Crippen LogP contribution in [0.1, 0.15) is 31.2 Å². The Morgan fingerprint density at radius 2 is 2.00 bits per heavy atom. The Morgan fingerprint density at radius 3 is 2.65 bits per heavy atom. The van der Waals surface area contributed by atoms with Crippen molar-refractivity contribution in [2.24, 2.45) is 0 Å². The van der Waals surface area contributed by atoms with Crippen molar-refractivity contribution in [2.45, 2.75) is 33.1 Å². The van der Waals surface area contributed by atoms with E-state index in [0.717, 1.165) is 11.4 Å². The Balaban J connectivity index is 1.82. The summed E-state index contributed by atoms with van der Waals surface area (Å²) in [5.74, 6) is 1.03. The molecule has 0 bridgehead atoms. The van der Waals surface area contributed by atoms with Crippen LogP contribution in [0.25, 0.3) is 0 Å². The third-order valence-electron chi connectivity index (χ3n) is 2.30. The molecule has 1 heterocycles. The topological polar surface area (TPSA) is 52.8 Å². The molecule has 0 aliphatic rings. The average Bonchev–Trinajstić information content (AvgIpc) is 2.79. The highest BCUT2D eigenvalue weighted by molar-refractivity contribution is 5.13. The van der Waals surface area contributed by atoms with Crippen LogP contribution in [0, 0.1) is 0 Å². The van der Waals surface area contributed by atoms with Gasteiger partial charge in [-0.1, -0.05) is 44.2 Å². The van der Waals surface area contributed by atoms with Gasteiger partial charge >= 0.3 is 0 Å². The van der Waals surface area contributed by atoms with E-state index in [0.29, 0.717) is 13.3 Å². The average molecular weight is 232 g/mol. The number of benzene rings is 1. The molecule has 0 saturated carbocycles. The van der Waals surface area contributed by atoms with Crippen LogP contribution < -0.4 is 0 Å². The quantitative estimate of drug-likeness (QED) is 0.791. The van der Waals surface area contributed by atoms with Crippen LogP contribution in [0.2, 0.25) is 0 Å². The zero-order valence-corrected chi connectivity index (χ0v) is 10.1. The molecule has 17 heavy (non-hydrogen) atoms. The van der Waals surface area contributed by atoms with E-state index in [1.54, 1.807) is 0 Å². The number of tetrazole rings is 1. The molecule has 5 nitrogen and oxygen atoms in total. The van der Waals surface area contributed by atoms with Gasteiger partial charge in [-0.05, 0) is 10.8 Å². The summed E-state index contributed by atoms with van der Waals surface area (Å²) < 4.78 is 5.50. The summed E-state index contributed by atoms with van der Waals surface area (Å²) in [4.78, 5) is 1.47. The monoisotopic (exact) mass is 232 g/mol. The van der Waals surface area contributed by atoms with E-state index in [9.17, 15) is 0 Å². The number of ether oxygens (including phenoxy) is 1. The summed E-state index contributed by atoms with van der Waals surface area (Å²) in [6, 6.07) is 10.0. The third kappa shape index (κ3) is 3.35. The second-order valence-corrected chi connectivity index (χ2v) is 4.14. The van der Waals surface area contributed by atoms with E-state index < -0.39 is 0 Å². The first-order valence-corrected chi connectivity index (χ1v) is 5.65. The van der Waals surface area contributed by atoms with Crippen molar-refractivity contribution in [3.05, 3.63) is 41.7 Å². The van der Waals surface area contributed by atoms with Crippen molar-refractivity contribution in [3.63, 3.8) is 0 Å². The molecule has 0 aliphatic heterocycles. The summed E-state index contributed by atoms with van der Waals surface area (Å²) in [6.07, 6.45) is 0. The molecular formula is C12H16N4O. The zero-order chi connectivity index (χ0) is 12.1. The van der Waals surface area contributed by atoms with Gasteiger partial charge in [-0.25, -0.2) is 0 Å². The van der Waals surface area contributed by atoms with Crippen molar-refractivity contribution in [3.8, 4) is 0 Å². The lowest BCUT2D eigenvalue weighted by molar-refractivity contribution is 0.0457. The van der Waals surface area contributed by atoms with Gasteiger partial charge in [0.05, 0.1) is 6.61 Å². The van der Waals surface area contributed by atoms with Crippen LogP contribution in [0.3, 0.4) is 0 Å². The number of hydrogen-bond acceptors (Lipinski definition) is 4. The second-order valence-electron chi connectivity index (χ2n) is 4.14. The standard InChI is InChI=1S/C12H16N4O/c1-10(2)12-13-15-16(14-12)9-17-8-11-6-4-3-5-7-11/h3-7,10H,8-9H2,1-2H3. The summed E-state index contributed by atoms with van der Waals surface area (Å²) in [5, 5.41) is 12.1. The van der Waals surface area contributed by atoms with E-state index in [1.165, 1.54) is 4.80 Å². The summed E-state index contributed by atoms with van der Waals surface area (Å²) in [5.41, 5.74) is 1.14. The molecule has 1 aromatic heterocycles. The normalized spacial score (nSPS) is 11.0. The van der Waals surface area contributed by atoms with Crippen LogP contribution in [-0.4, -0.2) is 20.2 Å². The molecule has 0 aliphatic carbocycles. The first kappa shape index (κ1) is 11.7. The van der Waals surface area contributed by atoms with Gasteiger partial charge in [0.1, 0.15) is 0 Å². The van der Waals surface area contributed by atoms with Gasteiger partial charge in [-0.2, -0.15) is 0 Å². The minimum atomic E-state index is 0.290. The molecule has 0 atom stereocenters. The minimum absolute atomic E-state index is 0.290. The molecule has 0 saturated heterocycles. The van der Waals surface area contributed by atoms with Crippen LogP contribution in [-0.2, 0) is 18.1 Å². The molecule has 5 heteroatoms. The van der Waals surface area contributed by atoms with E-state index in [4.69, 9.17) is 4.74 Å². The molecule has 1 aromatic carbocycles. The lowest BCUT2D eigenvalue weighted by Crippen LogP contribution is -2.06. The van der Waals surface area contributed by atoms with E-state index in [-0.39, 0.29) is 5.92 Å². The summed E-state index contributed by atoms with van der Waals surface area (Å²) in [7, 11) is 0. The highest BCUT2D eigenvalue weighted by Crippen LogP contribution is 2.05. The van der Waals surface area contributed by atoms with Crippen LogP contribution in [0.15, 0.2) is 30.3 Å². The fourth-order valence-corrected chi connectivity index (χ4v) is 1.36. The SMILES string of the molecule is CC(C)c1nnn(COCc2ccccc2)n1. The number of aromatic nitrogens is 4. The highest BCUT2D eigenvalue weighted by Gasteiger charge is 2.06. The maximum atomic E-state index is 5.50. The second kappa shape index (κ2) is 5.54. The van der Waals surface area contributed by atoms with Crippen molar-refractivity contribution in [1.82, 2.24) is 20.2 Å². The van der Waals surface area contributed by atoms with Crippen molar-refractivity contribution < 1.29 is 4.74 Å². The minimum Gasteiger partial charge on any atom is -0.353 e. The lowest BCUT2D eigenvalue weighted by atomic mass is 10.2. The first-order valence-electron chi connectivity index (χ1n) is 5.65. The van der Waals surface area contributed by atoms with Gasteiger partial charge < -0.3 is 4.74 Å².